The highest BCUT2D eigenvalue weighted by atomic mass is 19.3. The van der Waals surface area contributed by atoms with Crippen molar-refractivity contribution in [1.82, 2.24) is 0 Å². The maximum Gasteiger partial charge on any atom is 0.256 e. The van der Waals surface area contributed by atoms with E-state index in [0.717, 1.165) is 6.92 Å². The van der Waals surface area contributed by atoms with Crippen LogP contribution in [0.3, 0.4) is 0 Å². The molecule has 96 valence electrons. The first kappa shape index (κ1) is 13.9. The zero-order valence-corrected chi connectivity index (χ0v) is 9.11. The molecule has 0 saturated heterocycles. The third kappa shape index (κ3) is 3.39. The smallest absolute Gasteiger partial charge is 0.256 e. The summed E-state index contributed by atoms with van der Waals surface area (Å²) in [4.78, 5) is 0. The Morgan fingerprint density at radius 2 is 1.65 bits per heavy atom. The summed E-state index contributed by atoms with van der Waals surface area (Å²) in [5, 5.41) is 0. The Balaban J connectivity index is 2.80. The fraction of sp³-hybridized carbons (Fsp3) is 0.455. The minimum Gasteiger partial charge on any atom is -0.321 e. The number of alkyl halides is 2. The van der Waals surface area contributed by atoms with Crippen LogP contribution in [0.4, 0.5) is 22.0 Å². The summed E-state index contributed by atoms with van der Waals surface area (Å²) in [5.41, 5.74) is 3.34. The van der Waals surface area contributed by atoms with Crippen molar-refractivity contribution in [2.75, 3.05) is 0 Å². The monoisotopic (exact) mass is 253 g/mol. The summed E-state index contributed by atoms with van der Waals surface area (Å²) in [6, 6.07) is 1.05. The van der Waals surface area contributed by atoms with E-state index in [2.05, 4.69) is 0 Å². The Morgan fingerprint density at radius 1 is 1.12 bits per heavy atom. The highest BCUT2D eigenvalue weighted by Gasteiger charge is 2.30. The average molecular weight is 253 g/mol. The Hall–Kier alpha value is -1.17. The number of nitrogens with two attached hydrogens (primary N) is 1. The van der Waals surface area contributed by atoms with E-state index in [4.69, 9.17) is 5.73 Å². The average Bonchev–Trinajstić information content (AvgIpc) is 2.21. The van der Waals surface area contributed by atoms with Gasteiger partial charge in [0.1, 0.15) is 5.82 Å². The van der Waals surface area contributed by atoms with Gasteiger partial charge in [-0.3, -0.25) is 0 Å². The summed E-state index contributed by atoms with van der Waals surface area (Å²) >= 11 is 0. The van der Waals surface area contributed by atoms with Gasteiger partial charge in [-0.05, 0) is 31.4 Å². The number of hydrogen-bond acceptors (Lipinski definition) is 1. The molecular formula is C11H12F5N. The van der Waals surface area contributed by atoms with Crippen molar-refractivity contribution in [3.05, 3.63) is 35.1 Å². The maximum atomic E-state index is 13.2. The van der Waals surface area contributed by atoms with E-state index < -0.39 is 29.4 Å². The summed E-state index contributed by atoms with van der Waals surface area (Å²) in [7, 11) is 0. The standard InChI is InChI=1S/C11H12F5N/c1-11(17,10(15)16)3-2-6-4-8(13)9(14)5-7(6)12/h4-5,10H,2-3,17H2,1H3. The second-order valence-corrected chi connectivity index (χ2v) is 4.16. The lowest BCUT2D eigenvalue weighted by Crippen LogP contribution is -2.44. The highest BCUT2D eigenvalue weighted by molar-refractivity contribution is 5.20. The lowest BCUT2D eigenvalue weighted by molar-refractivity contribution is 0.0590. The number of halogens is 5. The van der Waals surface area contributed by atoms with Crippen LogP contribution in [0.5, 0.6) is 0 Å². The second-order valence-electron chi connectivity index (χ2n) is 4.16. The molecule has 1 rings (SSSR count). The lowest BCUT2D eigenvalue weighted by atomic mass is 9.94. The Kier molecular flexibility index (Phi) is 4.08. The van der Waals surface area contributed by atoms with E-state index >= 15 is 0 Å². The van der Waals surface area contributed by atoms with Crippen LogP contribution in [-0.4, -0.2) is 12.0 Å². The van der Waals surface area contributed by atoms with E-state index in [0.29, 0.717) is 12.1 Å². The van der Waals surface area contributed by atoms with Crippen molar-refractivity contribution in [3.8, 4) is 0 Å². The molecule has 0 aromatic heterocycles. The van der Waals surface area contributed by atoms with Crippen LogP contribution in [0.2, 0.25) is 0 Å². The van der Waals surface area contributed by atoms with E-state index in [9.17, 15) is 22.0 Å². The first-order valence-corrected chi connectivity index (χ1v) is 4.94. The summed E-state index contributed by atoms with van der Waals surface area (Å²) in [5.74, 6) is -3.48. The Bertz CT molecular complexity index is 403. The first-order chi connectivity index (χ1) is 7.74. The van der Waals surface area contributed by atoms with Crippen molar-refractivity contribution >= 4 is 0 Å². The van der Waals surface area contributed by atoms with Crippen LogP contribution in [0.1, 0.15) is 18.9 Å². The largest absolute Gasteiger partial charge is 0.321 e. The molecule has 0 amide bonds. The van der Waals surface area contributed by atoms with Gasteiger partial charge >= 0.3 is 0 Å². The van der Waals surface area contributed by atoms with E-state index in [-0.39, 0.29) is 18.4 Å². The van der Waals surface area contributed by atoms with Crippen molar-refractivity contribution in [2.24, 2.45) is 5.73 Å². The normalized spacial score (nSPS) is 15.1. The summed E-state index contributed by atoms with van der Waals surface area (Å²) < 4.78 is 63.4. The number of hydrogen-bond donors (Lipinski definition) is 1. The molecule has 0 fully saturated rings. The lowest BCUT2D eigenvalue weighted by Gasteiger charge is -2.23. The van der Waals surface area contributed by atoms with Crippen LogP contribution >= 0.6 is 0 Å². The third-order valence-electron chi connectivity index (χ3n) is 2.52. The van der Waals surface area contributed by atoms with Gasteiger partial charge in [0, 0.05) is 6.07 Å². The van der Waals surface area contributed by atoms with Crippen LogP contribution in [0, 0.1) is 17.5 Å². The fourth-order valence-corrected chi connectivity index (χ4v) is 1.27. The van der Waals surface area contributed by atoms with E-state index in [1.807, 2.05) is 0 Å². The van der Waals surface area contributed by atoms with Gasteiger partial charge in [-0.15, -0.1) is 0 Å². The molecule has 17 heavy (non-hydrogen) atoms. The molecule has 0 saturated carbocycles. The highest BCUT2D eigenvalue weighted by Crippen LogP contribution is 2.21. The van der Waals surface area contributed by atoms with Crippen LogP contribution in [-0.2, 0) is 6.42 Å². The zero-order chi connectivity index (χ0) is 13.2. The van der Waals surface area contributed by atoms with Gasteiger partial charge in [0.15, 0.2) is 11.6 Å². The molecule has 0 aliphatic rings. The van der Waals surface area contributed by atoms with Crippen LogP contribution < -0.4 is 5.73 Å². The minimum atomic E-state index is -2.77. The molecule has 2 N–H and O–H groups in total. The van der Waals surface area contributed by atoms with Gasteiger partial charge in [0.25, 0.3) is 6.43 Å². The zero-order valence-electron chi connectivity index (χ0n) is 9.11. The van der Waals surface area contributed by atoms with Crippen LogP contribution in [0.25, 0.3) is 0 Å². The maximum absolute atomic E-state index is 13.2. The number of benzene rings is 1. The molecule has 1 unspecified atom stereocenters. The molecule has 6 heteroatoms. The molecule has 0 heterocycles. The van der Waals surface area contributed by atoms with E-state index in [1.165, 1.54) is 0 Å². The topological polar surface area (TPSA) is 26.0 Å². The van der Waals surface area contributed by atoms with E-state index in [1.54, 1.807) is 0 Å². The molecule has 1 atom stereocenters. The molecule has 0 bridgehead atoms. The van der Waals surface area contributed by atoms with Gasteiger partial charge in [0.05, 0.1) is 5.54 Å². The van der Waals surface area contributed by atoms with Gasteiger partial charge in [-0.2, -0.15) is 0 Å². The molecule has 1 aromatic rings. The molecular weight excluding hydrogens is 241 g/mol. The second kappa shape index (κ2) is 5.00. The minimum absolute atomic E-state index is 0.166. The first-order valence-electron chi connectivity index (χ1n) is 4.94. The quantitative estimate of drug-likeness (QED) is 0.647. The predicted octanol–water partition coefficient (Wildman–Crippen LogP) is 3.02. The molecule has 0 aliphatic carbocycles. The predicted molar refractivity (Wildman–Crippen MR) is 53.2 cm³/mol. The third-order valence-corrected chi connectivity index (χ3v) is 2.52. The van der Waals surface area contributed by atoms with Gasteiger partial charge in [-0.25, -0.2) is 22.0 Å². The molecule has 1 aromatic carbocycles. The Morgan fingerprint density at radius 3 is 2.18 bits per heavy atom. The molecule has 1 nitrogen and oxygen atoms in total. The fourth-order valence-electron chi connectivity index (χ4n) is 1.27. The Labute approximate surface area is 95.4 Å². The van der Waals surface area contributed by atoms with Crippen LogP contribution in [0.15, 0.2) is 12.1 Å². The number of rotatable bonds is 4. The molecule has 0 spiro atoms. The van der Waals surface area contributed by atoms with Crippen molar-refractivity contribution < 1.29 is 22.0 Å². The SMILES string of the molecule is CC(N)(CCc1cc(F)c(F)cc1F)C(F)F. The van der Waals surface area contributed by atoms with Gasteiger partial charge < -0.3 is 5.73 Å². The molecule has 0 radical (unpaired) electrons. The van der Waals surface area contributed by atoms with Gasteiger partial charge in [0.2, 0.25) is 0 Å². The summed E-state index contributed by atoms with van der Waals surface area (Å²) in [6.07, 6.45) is -3.18. The van der Waals surface area contributed by atoms with Crippen molar-refractivity contribution in [3.63, 3.8) is 0 Å². The van der Waals surface area contributed by atoms with Gasteiger partial charge in [-0.1, -0.05) is 0 Å². The van der Waals surface area contributed by atoms with Crippen molar-refractivity contribution in [1.29, 1.82) is 0 Å². The number of aryl methyl sites for hydroxylation is 1. The molecule has 0 aliphatic heterocycles. The van der Waals surface area contributed by atoms with Crippen molar-refractivity contribution in [2.45, 2.75) is 31.7 Å². The summed E-state index contributed by atoms with van der Waals surface area (Å²) in [6.45, 7) is 1.12.